The number of nitrogens with two attached hydrogens (primary N) is 1. The first-order chi connectivity index (χ1) is 9.73. The normalized spacial score (nSPS) is 21.0. The molecule has 1 spiro atoms. The van der Waals surface area contributed by atoms with Crippen LogP contribution in [0, 0.1) is 0 Å². The van der Waals surface area contributed by atoms with E-state index in [1.165, 1.54) is 4.90 Å². The molecule has 0 bridgehead atoms. The van der Waals surface area contributed by atoms with Crippen LogP contribution in [0.2, 0.25) is 0 Å². The van der Waals surface area contributed by atoms with Gasteiger partial charge in [-0.15, -0.1) is 0 Å². The molecule has 0 aromatic rings. The summed E-state index contributed by atoms with van der Waals surface area (Å²) in [5.74, 6) is -0.390. The van der Waals surface area contributed by atoms with Gasteiger partial charge in [-0.05, 0) is 26.7 Å². The second-order valence-corrected chi connectivity index (χ2v) is 6.69. The van der Waals surface area contributed by atoms with E-state index in [2.05, 4.69) is 10.6 Å². The van der Waals surface area contributed by atoms with E-state index in [1.54, 1.807) is 0 Å². The number of rotatable bonds is 5. The van der Waals surface area contributed by atoms with E-state index in [4.69, 9.17) is 5.73 Å². The summed E-state index contributed by atoms with van der Waals surface area (Å²) in [5, 5.41) is 5.50. The molecule has 0 atom stereocenters. The van der Waals surface area contributed by atoms with Gasteiger partial charge >= 0.3 is 6.03 Å². The van der Waals surface area contributed by atoms with Crippen molar-refractivity contribution in [2.24, 2.45) is 5.73 Å². The van der Waals surface area contributed by atoms with Crippen molar-refractivity contribution in [2.45, 2.75) is 57.0 Å². The minimum absolute atomic E-state index is 0.102. The molecule has 4 N–H and O–H groups in total. The maximum atomic E-state index is 12.4. The summed E-state index contributed by atoms with van der Waals surface area (Å²) in [6.45, 7) is 4.10. The second kappa shape index (κ2) is 5.63. The van der Waals surface area contributed by atoms with Crippen LogP contribution in [0.15, 0.2) is 0 Å². The highest BCUT2D eigenvalue weighted by molar-refractivity contribution is 6.07. The van der Waals surface area contributed by atoms with Crippen LogP contribution in [0.5, 0.6) is 0 Å². The molecule has 1 aliphatic heterocycles. The van der Waals surface area contributed by atoms with Crippen LogP contribution in [-0.2, 0) is 9.59 Å². The summed E-state index contributed by atoms with van der Waals surface area (Å²) in [7, 11) is 0. The first-order valence-corrected chi connectivity index (χ1v) is 7.43. The molecular weight excluding hydrogens is 272 g/mol. The summed E-state index contributed by atoms with van der Waals surface area (Å²) in [6.07, 6.45) is 3.40. The molecule has 4 amide bonds. The summed E-state index contributed by atoms with van der Waals surface area (Å²) in [5.41, 5.74) is 4.60. The molecular formula is C14H24N4O3. The molecule has 1 aliphatic carbocycles. The van der Waals surface area contributed by atoms with Crippen LogP contribution >= 0.6 is 0 Å². The zero-order valence-electron chi connectivity index (χ0n) is 12.7. The fourth-order valence-corrected chi connectivity index (χ4v) is 2.82. The third-order valence-corrected chi connectivity index (χ3v) is 4.01. The van der Waals surface area contributed by atoms with Crippen LogP contribution in [-0.4, -0.2) is 46.9 Å². The number of urea groups is 1. The van der Waals surface area contributed by atoms with Crippen molar-refractivity contribution in [1.29, 1.82) is 0 Å². The third-order valence-electron chi connectivity index (χ3n) is 4.01. The highest BCUT2D eigenvalue weighted by Crippen LogP contribution is 2.34. The van der Waals surface area contributed by atoms with Gasteiger partial charge in [0.2, 0.25) is 5.91 Å². The molecule has 0 aromatic heterocycles. The largest absolute Gasteiger partial charge is 0.354 e. The van der Waals surface area contributed by atoms with E-state index in [1.807, 2.05) is 13.8 Å². The van der Waals surface area contributed by atoms with E-state index >= 15 is 0 Å². The Morgan fingerprint density at radius 3 is 2.57 bits per heavy atom. The maximum absolute atomic E-state index is 12.4. The average Bonchev–Trinajstić information content (AvgIpc) is 2.93. The quantitative estimate of drug-likeness (QED) is 0.625. The molecule has 2 rings (SSSR count). The van der Waals surface area contributed by atoms with Gasteiger partial charge in [0.1, 0.15) is 5.54 Å². The van der Waals surface area contributed by atoms with E-state index in [9.17, 15) is 14.4 Å². The number of carbonyl (C=O) groups is 3. The molecule has 118 valence electrons. The Bertz CT molecular complexity index is 450. The van der Waals surface area contributed by atoms with Gasteiger partial charge in [-0.25, -0.2) is 4.79 Å². The summed E-state index contributed by atoms with van der Waals surface area (Å²) in [4.78, 5) is 37.2. The van der Waals surface area contributed by atoms with Crippen molar-refractivity contribution in [3.63, 3.8) is 0 Å². The minimum Gasteiger partial charge on any atom is -0.354 e. The summed E-state index contributed by atoms with van der Waals surface area (Å²) in [6, 6.07) is -0.381. The number of hydrogen-bond donors (Lipinski definition) is 3. The van der Waals surface area contributed by atoms with Gasteiger partial charge in [-0.1, -0.05) is 12.8 Å². The number of hydrogen-bond acceptors (Lipinski definition) is 4. The van der Waals surface area contributed by atoms with Crippen LogP contribution in [0.4, 0.5) is 4.79 Å². The standard InChI is InChI=1S/C14H24N4O3/c1-13(2,15)9-16-10(19)5-8-18-11(20)14(17-12(18)21)6-3-4-7-14/h3-9,15H2,1-2H3,(H,16,19)(H,17,21). The van der Waals surface area contributed by atoms with Gasteiger partial charge in [0.15, 0.2) is 0 Å². The van der Waals surface area contributed by atoms with Crippen molar-refractivity contribution < 1.29 is 14.4 Å². The lowest BCUT2D eigenvalue weighted by molar-refractivity contribution is -0.131. The SMILES string of the molecule is CC(C)(N)CNC(=O)CCN1C(=O)NC2(CCCC2)C1=O. The van der Waals surface area contributed by atoms with Gasteiger partial charge in [0.05, 0.1) is 0 Å². The van der Waals surface area contributed by atoms with Gasteiger partial charge in [0.25, 0.3) is 5.91 Å². The monoisotopic (exact) mass is 296 g/mol. The lowest BCUT2D eigenvalue weighted by atomic mass is 9.98. The molecule has 7 heteroatoms. The molecule has 21 heavy (non-hydrogen) atoms. The van der Waals surface area contributed by atoms with E-state index in [0.29, 0.717) is 19.4 Å². The Labute approximate surface area is 124 Å². The first-order valence-electron chi connectivity index (χ1n) is 7.43. The fourth-order valence-electron chi connectivity index (χ4n) is 2.82. The third kappa shape index (κ3) is 3.53. The van der Waals surface area contributed by atoms with Crippen LogP contribution in [0.3, 0.4) is 0 Å². The smallest absolute Gasteiger partial charge is 0.325 e. The molecule has 7 nitrogen and oxygen atoms in total. The topological polar surface area (TPSA) is 105 Å². The number of nitrogens with one attached hydrogen (secondary N) is 2. The number of amides is 4. The lowest BCUT2D eigenvalue weighted by Crippen LogP contribution is -2.46. The molecule has 2 aliphatic rings. The van der Waals surface area contributed by atoms with Crippen LogP contribution in [0.1, 0.15) is 46.0 Å². The lowest BCUT2D eigenvalue weighted by Gasteiger charge is -2.21. The number of nitrogens with zero attached hydrogens (tertiary/aromatic N) is 1. The second-order valence-electron chi connectivity index (χ2n) is 6.69. The molecule has 1 heterocycles. The van der Waals surface area contributed by atoms with Crippen molar-refractivity contribution in [3.05, 3.63) is 0 Å². The average molecular weight is 296 g/mol. The molecule has 0 aromatic carbocycles. The van der Waals surface area contributed by atoms with E-state index in [0.717, 1.165) is 12.8 Å². The van der Waals surface area contributed by atoms with Gasteiger partial charge in [-0.2, -0.15) is 0 Å². The maximum Gasteiger partial charge on any atom is 0.325 e. The zero-order chi connectivity index (χ0) is 15.7. The van der Waals surface area contributed by atoms with Crippen molar-refractivity contribution >= 4 is 17.8 Å². The van der Waals surface area contributed by atoms with Crippen molar-refractivity contribution in [3.8, 4) is 0 Å². The molecule has 0 radical (unpaired) electrons. The fraction of sp³-hybridized carbons (Fsp3) is 0.786. The Hall–Kier alpha value is -1.63. The zero-order valence-corrected chi connectivity index (χ0v) is 12.7. The van der Waals surface area contributed by atoms with Crippen molar-refractivity contribution in [1.82, 2.24) is 15.5 Å². The molecule has 1 saturated carbocycles. The van der Waals surface area contributed by atoms with E-state index in [-0.39, 0.29) is 30.8 Å². The highest BCUT2D eigenvalue weighted by Gasteiger charge is 2.52. The predicted octanol–water partition coefficient (Wildman–Crippen LogP) is 0.0946. The number of imide groups is 1. The van der Waals surface area contributed by atoms with Gasteiger partial charge in [-0.3, -0.25) is 14.5 Å². The Kier molecular flexibility index (Phi) is 4.22. The predicted molar refractivity (Wildman–Crippen MR) is 77.3 cm³/mol. The molecule has 0 unspecified atom stereocenters. The van der Waals surface area contributed by atoms with Gasteiger partial charge < -0.3 is 16.4 Å². The summed E-state index contributed by atoms with van der Waals surface area (Å²) < 4.78 is 0. The highest BCUT2D eigenvalue weighted by atomic mass is 16.2. The molecule has 2 fully saturated rings. The Morgan fingerprint density at radius 1 is 1.38 bits per heavy atom. The summed E-state index contributed by atoms with van der Waals surface area (Å²) >= 11 is 0. The van der Waals surface area contributed by atoms with Crippen LogP contribution in [0.25, 0.3) is 0 Å². The molecule has 1 saturated heterocycles. The van der Waals surface area contributed by atoms with Crippen LogP contribution < -0.4 is 16.4 Å². The van der Waals surface area contributed by atoms with Gasteiger partial charge in [0, 0.05) is 25.0 Å². The van der Waals surface area contributed by atoms with E-state index < -0.39 is 11.1 Å². The minimum atomic E-state index is -0.702. The number of carbonyl (C=O) groups excluding carboxylic acids is 3. The Balaban J connectivity index is 1.84. The first kappa shape index (κ1) is 15.8. The Morgan fingerprint density at radius 2 is 2.00 bits per heavy atom. The van der Waals surface area contributed by atoms with Crippen molar-refractivity contribution in [2.75, 3.05) is 13.1 Å².